The zero-order valence-electron chi connectivity index (χ0n) is 10.8. The van der Waals surface area contributed by atoms with E-state index in [0.717, 1.165) is 5.69 Å². The molecule has 0 saturated carbocycles. The van der Waals surface area contributed by atoms with Crippen LogP contribution in [0.15, 0.2) is 30.5 Å². The number of H-pyrrole nitrogens is 1. The molecule has 2 N–H and O–H groups in total. The fourth-order valence-corrected chi connectivity index (χ4v) is 2.88. The average molecular weight is 335 g/mol. The topological polar surface area (TPSA) is 45.2 Å². The van der Waals surface area contributed by atoms with Crippen molar-refractivity contribution in [1.82, 2.24) is 4.98 Å². The largest absolute Gasteiger partial charge is 0.475 e. The van der Waals surface area contributed by atoms with E-state index in [-0.39, 0.29) is 6.61 Å². The third-order valence-corrected chi connectivity index (χ3v) is 3.96. The predicted octanol–water partition coefficient (Wildman–Crippen LogP) is 4.65. The second kappa shape index (κ2) is 6.27. The lowest BCUT2D eigenvalue weighted by Gasteiger charge is -2.31. The molecule has 20 heavy (non-hydrogen) atoms. The molecule has 1 unspecified atom stereocenters. The van der Waals surface area contributed by atoms with Crippen LogP contribution in [0.3, 0.4) is 0 Å². The van der Waals surface area contributed by atoms with Crippen LogP contribution in [0, 0.1) is 0 Å². The Bertz CT molecular complexity index is 557. The van der Waals surface area contributed by atoms with Gasteiger partial charge in [0, 0.05) is 11.2 Å². The van der Waals surface area contributed by atoms with Gasteiger partial charge in [-0.2, -0.15) is 0 Å². The van der Waals surface area contributed by atoms with Crippen molar-refractivity contribution < 1.29 is 9.84 Å². The van der Waals surface area contributed by atoms with E-state index in [9.17, 15) is 5.11 Å². The van der Waals surface area contributed by atoms with Crippen LogP contribution in [0.2, 0.25) is 15.1 Å². The minimum absolute atomic E-state index is 0.209. The minimum atomic E-state index is -0.926. The van der Waals surface area contributed by atoms with Crippen LogP contribution in [-0.4, -0.2) is 16.7 Å². The number of aliphatic hydroxyl groups excluding tert-OH is 1. The number of halogens is 3. The molecule has 0 radical (unpaired) electrons. The van der Waals surface area contributed by atoms with Gasteiger partial charge in [0.25, 0.3) is 0 Å². The zero-order chi connectivity index (χ0) is 14.8. The van der Waals surface area contributed by atoms with Crippen molar-refractivity contribution in [1.29, 1.82) is 0 Å². The fourth-order valence-electron chi connectivity index (χ4n) is 1.98. The van der Waals surface area contributed by atoms with E-state index in [1.165, 1.54) is 0 Å². The second-order valence-electron chi connectivity index (χ2n) is 4.39. The van der Waals surface area contributed by atoms with E-state index in [4.69, 9.17) is 39.5 Å². The monoisotopic (exact) mass is 333 g/mol. The SMILES string of the molecule is CCC(CO)(Oc1c(Cl)cc(Cl)cc1Cl)c1ccc[nH]1. The molecule has 1 aromatic carbocycles. The third-order valence-electron chi connectivity index (χ3n) is 3.18. The first-order valence-corrected chi connectivity index (χ1v) is 7.24. The molecule has 1 heterocycles. The number of benzene rings is 1. The van der Waals surface area contributed by atoms with Crippen LogP contribution in [0.4, 0.5) is 0 Å². The molecule has 0 aliphatic rings. The van der Waals surface area contributed by atoms with E-state index in [1.54, 1.807) is 18.3 Å². The highest BCUT2D eigenvalue weighted by atomic mass is 35.5. The Morgan fingerprint density at radius 2 is 1.90 bits per heavy atom. The van der Waals surface area contributed by atoms with Gasteiger partial charge in [-0.15, -0.1) is 0 Å². The third kappa shape index (κ3) is 2.91. The van der Waals surface area contributed by atoms with Crippen LogP contribution < -0.4 is 4.74 Å². The first-order chi connectivity index (χ1) is 9.52. The molecular weight excluding hydrogens is 321 g/mol. The number of ether oxygens (including phenoxy) is 1. The van der Waals surface area contributed by atoms with Crippen molar-refractivity contribution in [2.75, 3.05) is 6.61 Å². The zero-order valence-corrected chi connectivity index (χ0v) is 13.1. The summed E-state index contributed by atoms with van der Waals surface area (Å²) >= 11 is 18.1. The quantitative estimate of drug-likeness (QED) is 0.836. The van der Waals surface area contributed by atoms with Gasteiger partial charge in [0.2, 0.25) is 0 Å². The number of hydrogen-bond acceptors (Lipinski definition) is 2. The number of hydrogen-bond donors (Lipinski definition) is 2. The molecule has 1 atom stereocenters. The van der Waals surface area contributed by atoms with Crippen molar-refractivity contribution in [2.24, 2.45) is 0 Å². The summed E-state index contributed by atoms with van der Waals surface area (Å²) in [7, 11) is 0. The standard InChI is InChI=1S/C14H14Cl3NO2/c1-2-14(8-19,12-4-3-5-18-12)20-13-10(16)6-9(15)7-11(13)17/h3-7,18-19H,2,8H2,1H3. The highest BCUT2D eigenvalue weighted by molar-refractivity contribution is 6.40. The van der Waals surface area contributed by atoms with Crippen molar-refractivity contribution in [2.45, 2.75) is 18.9 Å². The number of aromatic amines is 1. The van der Waals surface area contributed by atoms with Crippen LogP contribution in [-0.2, 0) is 5.60 Å². The summed E-state index contributed by atoms with van der Waals surface area (Å²) in [6.07, 6.45) is 2.31. The first-order valence-electron chi connectivity index (χ1n) is 6.10. The minimum Gasteiger partial charge on any atom is -0.475 e. The first kappa shape index (κ1) is 15.5. The molecule has 0 aliphatic carbocycles. The molecule has 108 valence electrons. The van der Waals surface area contributed by atoms with E-state index < -0.39 is 5.60 Å². The van der Waals surface area contributed by atoms with E-state index >= 15 is 0 Å². The average Bonchev–Trinajstić information content (AvgIpc) is 2.93. The van der Waals surface area contributed by atoms with Gasteiger partial charge in [-0.3, -0.25) is 0 Å². The van der Waals surface area contributed by atoms with Crippen molar-refractivity contribution in [3.05, 3.63) is 51.2 Å². The Kier molecular flexibility index (Phi) is 4.86. The van der Waals surface area contributed by atoms with Crippen molar-refractivity contribution in [3.8, 4) is 5.75 Å². The Morgan fingerprint density at radius 3 is 2.35 bits per heavy atom. The summed E-state index contributed by atoms with van der Waals surface area (Å²) in [5.41, 5.74) is -0.172. The predicted molar refractivity (Wildman–Crippen MR) is 81.9 cm³/mol. The van der Waals surface area contributed by atoms with Gasteiger partial charge in [0.05, 0.1) is 22.3 Å². The Labute approximate surface area is 132 Å². The molecule has 0 saturated heterocycles. The van der Waals surface area contributed by atoms with E-state index in [0.29, 0.717) is 27.2 Å². The second-order valence-corrected chi connectivity index (χ2v) is 5.64. The van der Waals surface area contributed by atoms with Gasteiger partial charge in [-0.05, 0) is 30.7 Å². The lowest BCUT2D eigenvalue weighted by Crippen LogP contribution is -2.37. The lowest BCUT2D eigenvalue weighted by molar-refractivity contribution is -0.00124. The summed E-state index contributed by atoms with van der Waals surface area (Å²) in [6.45, 7) is 1.70. The van der Waals surface area contributed by atoms with Crippen molar-refractivity contribution in [3.63, 3.8) is 0 Å². The molecule has 0 aliphatic heterocycles. The van der Waals surface area contributed by atoms with Gasteiger partial charge in [0.1, 0.15) is 0 Å². The maximum absolute atomic E-state index is 9.79. The molecular formula is C14H14Cl3NO2. The maximum atomic E-state index is 9.79. The number of rotatable bonds is 5. The molecule has 0 spiro atoms. The Hall–Kier alpha value is -0.870. The van der Waals surface area contributed by atoms with Gasteiger partial charge in [-0.1, -0.05) is 41.7 Å². The van der Waals surface area contributed by atoms with Gasteiger partial charge in [-0.25, -0.2) is 0 Å². The molecule has 2 aromatic rings. The molecule has 6 heteroatoms. The summed E-state index contributed by atoms with van der Waals surface area (Å²) in [6, 6.07) is 6.79. The number of aromatic nitrogens is 1. The molecule has 0 amide bonds. The van der Waals surface area contributed by atoms with E-state index in [1.807, 2.05) is 19.1 Å². The molecule has 2 rings (SSSR count). The molecule has 1 aromatic heterocycles. The smallest absolute Gasteiger partial charge is 0.171 e. The Morgan fingerprint density at radius 1 is 1.25 bits per heavy atom. The summed E-state index contributed by atoms with van der Waals surface area (Å²) in [4.78, 5) is 3.05. The molecule has 3 nitrogen and oxygen atoms in total. The van der Waals surface area contributed by atoms with Gasteiger partial charge < -0.3 is 14.8 Å². The normalized spacial score (nSPS) is 14.1. The summed E-state index contributed by atoms with van der Waals surface area (Å²) in [5, 5.41) is 10.8. The van der Waals surface area contributed by atoms with Gasteiger partial charge in [0.15, 0.2) is 11.4 Å². The highest BCUT2D eigenvalue weighted by Gasteiger charge is 2.34. The number of aliphatic hydroxyl groups is 1. The van der Waals surface area contributed by atoms with Gasteiger partial charge >= 0.3 is 0 Å². The van der Waals surface area contributed by atoms with Crippen LogP contribution in [0.25, 0.3) is 0 Å². The van der Waals surface area contributed by atoms with Crippen molar-refractivity contribution >= 4 is 34.8 Å². The summed E-state index contributed by atoms with van der Waals surface area (Å²) < 4.78 is 5.96. The van der Waals surface area contributed by atoms with Crippen LogP contribution in [0.5, 0.6) is 5.75 Å². The summed E-state index contributed by atoms with van der Waals surface area (Å²) in [5.74, 6) is 0.309. The van der Waals surface area contributed by atoms with E-state index in [2.05, 4.69) is 4.98 Å². The Balaban J connectivity index is 2.44. The fraction of sp³-hybridized carbons (Fsp3) is 0.286. The highest BCUT2D eigenvalue weighted by Crippen LogP contribution is 2.40. The lowest BCUT2D eigenvalue weighted by atomic mass is 9.97. The van der Waals surface area contributed by atoms with Crippen LogP contribution >= 0.6 is 34.8 Å². The molecule has 0 fully saturated rings. The maximum Gasteiger partial charge on any atom is 0.171 e. The van der Waals surface area contributed by atoms with Crippen LogP contribution in [0.1, 0.15) is 19.0 Å². The molecule has 0 bridgehead atoms. The number of nitrogens with one attached hydrogen (secondary N) is 1.